The molecule has 0 saturated carbocycles. The van der Waals surface area contributed by atoms with Gasteiger partial charge in [0.05, 0.1) is 22.6 Å². The largest absolute Gasteiger partial charge is 0.309 e. The van der Waals surface area contributed by atoms with Gasteiger partial charge in [-0.05, 0) is 76.9 Å². The minimum Gasteiger partial charge on any atom is -0.309 e. The van der Waals surface area contributed by atoms with Crippen molar-refractivity contribution in [2.75, 3.05) is 4.90 Å². The van der Waals surface area contributed by atoms with Crippen LogP contribution in [0.3, 0.4) is 0 Å². The van der Waals surface area contributed by atoms with Crippen LogP contribution in [0.1, 0.15) is 0 Å². The van der Waals surface area contributed by atoms with Crippen molar-refractivity contribution in [3.63, 3.8) is 0 Å². The number of anilines is 3. The van der Waals surface area contributed by atoms with Gasteiger partial charge < -0.3 is 9.47 Å². The van der Waals surface area contributed by atoms with E-state index < -0.39 is 0 Å². The van der Waals surface area contributed by atoms with Gasteiger partial charge in [0.2, 0.25) is 0 Å². The van der Waals surface area contributed by atoms with E-state index in [-0.39, 0.29) is 0 Å². The molecule has 0 saturated heterocycles. The van der Waals surface area contributed by atoms with Crippen LogP contribution in [0.15, 0.2) is 237 Å². The number of fused-ring (bicyclic) bond motifs is 7. The molecule has 64 heavy (non-hydrogen) atoms. The first-order chi connectivity index (χ1) is 31.7. The Labute approximate surface area is 371 Å². The molecule has 0 radical (unpaired) electrons. The fraction of sp³-hybridized carbons (Fsp3) is 0. The molecule has 5 nitrogen and oxygen atoms in total. The predicted molar refractivity (Wildman–Crippen MR) is 263 cm³/mol. The molecule has 2 aromatic heterocycles. The Balaban J connectivity index is 1.04. The first-order valence-corrected chi connectivity index (χ1v) is 21.6. The van der Waals surface area contributed by atoms with E-state index in [1.54, 1.807) is 0 Å². The third kappa shape index (κ3) is 6.46. The summed E-state index contributed by atoms with van der Waals surface area (Å²) < 4.78 is 2.44. The Bertz CT molecular complexity index is 3470. The van der Waals surface area contributed by atoms with Crippen LogP contribution in [0.25, 0.3) is 95.4 Å². The van der Waals surface area contributed by atoms with Crippen molar-refractivity contribution in [3.8, 4) is 84.5 Å². The number of rotatable bonds is 7. The van der Waals surface area contributed by atoms with Crippen LogP contribution in [-0.2, 0) is 0 Å². The van der Waals surface area contributed by atoms with Crippen LogP contribution >= 0.6 is 0 Å². The zero-order valence-electron chi connectivity index (χ0n) is 34.8. The van der Waals surface area contributed by atoms with Crippen LogP contribution in [0.2, 0.25) is 0 Å². The van der Waals surface area contributed by atoms with Gasteiger partial charge in [-0.3, -0.25) is 0 Å². The van der Waals surface area contributed by atoms with Crippen molar-refractivity contribution in [2.45, 2.75) is 0 Å². The lowest BCUT2D eigenvalue weighted by molar-refractivity contribution is 1.07. The van der Waals surface area contributed by atoms with E-state index in [1.165, 1.54) is 16.5 Å². The molecule has 11 aromatic rings. The number of para-hydroxylation sites is 4. The third-order valence-electron chi connectivity index (χ3n) is 12.2. The summed E-state index contributed by atoms with van der Waals surface area (Å²) in [5.74, 6) is 1.87. The van der Waals surface area contributed by atoms with E-state index >= 15 is 0 Å². The SMILES string of the molecule is c1ccc(-c2ccc(-c3nc(-c4ccccc4)nc(-c4cccc(-c5ccc6c(c5)-c5c(n(-c7ccccc7)c7ccccc57)-c5ccccc5N6c5ccccc5)c4)n3)cc2)cc1. The minimum absolute atomic E-state index is 0.617. The van der Waals surface area contributed by atoms with Gasteiger partial charge in [0.25, 0.3) is 0 Å². The smallest absolute Gasteiger partial charge is 0.164 e. The number of nitrogens with zero attached hydrogens (tertiary/aromatic N) is 5. The van der Waals surface area contributed by atoms with Crippen LogP contribution in [0, 0.1) is 0 Å². The molecule has 3 heterocycles. The highest BCUT2D eigenvalue weighted by atomic mass is 15.2. The second-order valence-electron chi connectivity index (χ2n) is 16.0. The molecule has 0 bridgehead atoms. The number of hydrogen-bond acceptors (Lipinski definition) is 4. The van der Waals surface area contributed by atoms with Gasteiger partial charge in [-0.25, -0.2) is 15.0 Å². The quantitative estimate of drug-likeness (QED) is 0.161. The van der Waals surface area contributed by atoms with Crippen LogP contribution in [0.5, 0.6) is 0 Å². The fourth-order valence-electron chi connectivity index (χ4n) is 9.21. The molecular formula is C59H39N5. The van der Waals surface area contributed by atoms with Gasteiger partial charge in [0.15, 0.2) is 17.5 Å². The van der Waals surface area contributed by atoms with Gasteiger partial charge in [0, 0.05) is 50.1 Å². The molecule has 9 aromatic carbocycles. The summed E-state index contributed by atoms with van der Waals surface area (Å²) in [5, 5.41) is 1.20. The van der Waals surface area contributed by atoms with Gasteiger partial charge >= 0.3 is 0 Å². The first-order valence-electron chi connectivity index (χ1n) is 21.6. The second-order valence-corrected chi connectivity index (χ2v) is 16.0. The molecule has 0 aliphatic carbocycles. The highest BCUT2D eigenvalue weighted by Gasteiger charge is 2.31. The fourth-order valence-corrected chi connectivity index (χ4v) is 9.21. The molecule has 0 N–H and O–H groups in total. The minimum atomic E-state index is 0.617. The normalized spacial score (nSPS) is 11.7. The lowest BCUT2D eigenvalue weighted by Gasteiger charge is -2.28. The third-order valence-corrected chi connectivity index (χ3v) is 12.2. The molecule has 0 fully saturated rings. The Kier molecular flexibility index (Phi) is 9.08. The van der Waals surface area contributed by atoms with Gasteiger partial charge in [-0.2, -0.15) is 0 Å². The molecule has 0 atom stereocenters. The lowest BCUT2D eigenvalue weighted by atomic mass is 9.94. The predicted octanol–water partition coefficient (Wildman–Crippen LogP) is 15.3. The van der Waals surface area contributed by atoms with Crippen LogP contribution in [0.4, 0.5) is 17.1 Å². The van der Waals surface area contributed by atoms with E-state index in [4.69, 9.17) is 15.0 Å². The summed E-state index contributed by atoms with van der Waals surface area (Å²) in [6.45, 7) is 0. The molecule has 0 spiro atoms. The van der Waals surface area contributed by atoms with E-state index in [9.17, 15) is 0 Å². The zero-order valence-corrected chi connectivity index (χ0v) is 34.8. The van der Waals surface area contributed by atoms with Crippen LogP contribution in [-0.4, -0.2) is 19.5 Å². The maximum absolute atomic E-state index is 5.15. The Morgan fingerprint density at radius 3 is 1.48 bits per heavy atom. The van der Waals surface area contributed by atoms with E-state index in [0.29, 0.717) is 17.5 Å². The molecule has 300 valence electrons. The molecule has 0 amide bonds. The zero-order chi connectivity index (χ0) is 42.4. The van der Waals surface area contributed by atoms with E-state index in [2.05, 4.69) is 210 Å². The molecular weight excluding hydrogens is 779 g/mol. The molecule has 0 unspecified atom stereocenters. The van der Waals surface area contributed by atoms with Crippen LogP contribution < -0.4 is 4.90 Å². The van der Waals surface area contributed by atoms with Crippen molar-refractivity contribution < 1.29 is 0 Å². The summed E-state index contributed by atoms with van der Waals surface area (Å²) in [6, 6.07) is 83.6. The summed E-state index contributed by atoms with van der Waals surface area (Å²) in [4.78, 5) is 17.7. The summed E-state index contributed by atoms with van der Waals surface area (Å²) in [6.07, 6.45) is 0. The number of hydrogen-bond donors (Lipinski definition) is 0. The summed E-state index contributed by atoms with van der Waals surface area (Å²) in [5.41, 5.74) is 17.5. The number of aromatic nitrogens is 4. The number of benzene rings is 9. The summed E-state index contributed by atoms with van der Waals surface area (Å²) in [7, 11) is 0. The average molecular weight is 818 g/mol. The van der Waals surface area contributed by atoms with E-state index in [0.717, 1.165) is 78.5 Å². The van der Waals surface area contributed by atoms with Crippen molar-refractivity contribution in [3.05, 3.63) is 237 Å². The monoisotopic (exact) mass is 817 g/mol. The Morgan fingerprint density at radius 2 is 0.766 bits per heavy atom. The topological polar surface area (TPSA) is 46.8 Å². The van der Waals surface area contributed by atoms with Crippen molar-refractivity contribution in [1.82, 2.24) is 19.5 Å². The molecule has 1 aliphatic heterocycles. The second kappa shape index (κ2) is 15.7. The van der Waals surface area contributed by atoms with E-state index in [1.807, 2.05) is 36.4 Å². The van der Waals surface area contributed by atoms with Gasteiger partial charge in [0.1, 0.15) is 0 Å². The lowest BCUT2D eigenvalue weighted by Crippen LogP contribution is -2.11. The summed E-state index contributed by atoms with van der Waals surface area (Å²) >= 11 is 0. The standard InChI is InChI=1S/C59H39N5/c1-5-18-40(19-6-1)41-32-34-43(35-33-41)58-60-57(42-20-7-2-8-21-42)61-59(62-58)46-23-17-22-44(38-46)45-36-37-54-51(39-45)55-49-28-13-15-30-52(49)64(48-26-11-4-12-27-48)56(55)50-29-14-16-31-53(50)63(54)47-24-9-3-10-25-47/h1-39H. The Morgan fingerprint density at radius 1 is 0.297 bits per heavy atom. The molecule has 5 heteroatoms. The molecule has 1 aliphatic rings. The average Bonchev–Trinajstić information content (AvgIpc) is 3.66. The molecule has 12 rings (SSSR count). The maximum Gasteiger partial charge on any atom is 0.164 e. The highest BCUT2D eigenvalue weighted by Crippen LogP contribution is 2.55. The Hall–Kier alpha value is -8.67. The highest BCUT2D eigenvalue weighted by molar-refractivity contribution is 6.13. The van der Waals surface area contributed by atoms with Crippen molar-refractivity contribution in [2.24, 2.45) is 0 Å². The van der Waals surface area contributed by atoms with Crippen molar-refractivity contribution in [1.29, 1.82) is 0 Å². The first kappa shape index (κ1) is 37.1. The maximum atomic E-state index is 5.15. The van der Waals surface area contributed by atoms with Crippen molar-refractivity contribution >= 4 is 28.0 Å². The van der Waals surface area contributed by atoms with Gasteiger partial charge in [-0.15, -0.1) is 0 Å². The van der Waals surface area contributed by atoms with Gasteiger partial charge in [-0.1, -0.05) is 182 Å².